The number of pyridine rings is 1. The van der Waals surface area contributed by atoms with E-state index in [4.69, 9.17) is 5.26 Å². The number of H-pyrrole nitrogens is 1. The summed E-state index contributed by atoms with van der Waals surface area (Å²) in [5, 5.41) is 12.7. The summed E-state index contributed by atoms with van der Waals surface area (Å²) in [6.07, 6.45) is 5.67. The van der Waals surface area contributed by atoms with E-state index in [1.165, 1.54) is 0 Å². The molecule has 27 heavy (non-hydrogen) atoms. The Balaban J connectivity index is 1.66. The zero-order valence-corrected chi connectivity index (χ0v) is 15.2. The average molecular weight is 363 g/mol. The molecule has 138 valence electrons. The van der Waals surface area contributed by atoms with Crippen LogP contribution in [0.4, 0.5) is 5.82 Å². The lowest BCUT2D eigenvalue weighted by Crippen LogP contribution is -2.37. The number of rotatable bonds is 4. The Morgan fingerprint density at radius 3 is 2.96 bits per heavy atom. The van der Waals surface area contributed by atoms with E-state index >= 15 is 0 Å². The fourth-order valence-corrected chi connectivity index (χ4v) is 3.59. The lowest BCUT2D eigenvalue weighted by molar-refractivity contribution is -0.130. The minimum atomic E-state index is -0.140. The quantitative estimate of drug-likeness (QED) is 0.872. The monoisotopic (exact) mass is 363 g/mol. The maximum atomic E-state index is 12.1. The molecule has 2 amide bonds. The van der Waals surface area contributed by atoms with E-state index in [1.807, 2.05) is 30.5 Å². The topological polar surface area (TPSA) is 102 Å². The van der Waals surface area contributed by atoms with Crippen LogP contribution in [0.3, 0.4) is 0 Å². The number of nitrogens with zero attached hydrogens (tertiary/aromatic N) is 3. The fraction of sp³-hybridized carbons (Fsp3) is 0.400. The van der Waals surface area contributed by atoms with Gasteiger partial charge in [-0.2, -0.15) is 5.26 Å². The number of anilines is 1. The summed E-state index contributed by atoms with van der Waals surface area (Å²) >= 11 is 0. The molecule has 1 atom stereocenters. The predicted octanol–water partition coefficient (Wildman–Crippen LogP) is 2.69. The van der Waals surface area contributed by atoms with E-state index < -0.39 is 0 Å². The van der Waals surface area contributed by atoms with Crippen molar-refractivity contribution >= 4 is 34.2 Å². The minimum absolute atomic E-state index is 0.0262. The van der Waals surface area contributed by atoms with Crippen molar-refractivity contribution in [1.82, 2.24) is 14.9 Å². The molecule has 2 aromatic rings. The van der Waals surface area contributed by atoms with Gasteiger partial charge in [-0.1, -0.05) is 13.0 Å². The van der Waals surface area contributed by atoms with Crippen LogP contribution in [0.25, 0.3) is 16.6 Å². The van der Waals surface area contributed by atoms with Crippen LogP contribution in [0.2, 0.25) is 0 Å². The number of amides is 2. The van der Waals surface area contributed by atoms with Gasteiger partial charge in [0.2, 0.25) is 11.8 Å². The number of nitrogens with one attached hydrogen (secondary N) is 2. The number of fused-ring (bicyclic) bond motifs is 1. The maximum absolute atomic E-state index is 12.1. The van der Waals surface area contributed by atoms with Crippen molar-refractivity contribution in [2.75, 3.05) is 18.4 Å². The molecule has 0 aromatic carbocycles. The molecule has 0 spiro atoms. The van der Waals surface area contributed by atoms with Crippen LogP contribution in [0, 0.1) is 23.2 Å². The zero-order valence-electron chi connectivity index (χ0n) is 15.2. The summed E-state index contributed by atoms with van der Waals surface area (Å²) < 4.78 is 0. The van der Waals surface area contributed by atoms with Crippen molar-refractivity contribution in [2.24, 2.45) is 11.8 Å². The lowest BCUT2D eigenvalue weighted by Gasteiger charge is -2.31. The van der Waals surface area contributed by atoms with Crippen molar-refractivity contribution in [3.8, 4) is 6.07 Å². The molecule has 1 aliphatic heterocycles. The van der Waals surface area contributed by atoms with E-state index in [1.54, 1.807) is 4.90 Å². The second-order valence-electron chi connectivity index (χ2n) is 7.25. The molecule has 3 heterocycles. The molecule has 2 aromatic heterocycles. The van der Waals surface area contributed by atoms with Crippen LogP contribution in [0.5, 0.6) is 0 Å². The summed E-state index contributed by atoms with van der Waals surface area (Å²) in [7, 11) is 0. The van der Waals surface area contributed by atoms with Crippen LogP contribution >= 0.6 is 0 Å². The summed E-state index contributed by atoms with van der Waals surface area (Å²) in [6, 6.07) is 5.82. The van der Waals surface area contributed by atoms with E-state index in [2.05, 4.69) is 22.2 Å². The van der Waals surface area contributed by atoms with Gasteiger partial charge in [-0.3, -0.25) is 9.59 Å². The Morgan fingerprint density at radius 2 is 2.26 bits per heavy atom. The number of carbonyl (C=O) groups is 2. The van der Waals surface area contributed by atoms with Gasteiger partial charge in [-0.15, -0.1) is 0 Å². The number of carbonyl (C=O) groups excluding carboxylic acids is 2. The molecule has 1 aliphatic carbocycles. The van der Waals surface area contributed by atoms with Crippen molar-refractivity contribution in [1.29, 1.82) is 5.26 Å². The van der Waals surface area contributed by atoms with Crippen LogP contribution in [0.15, 0.2) is 24.4 Å². The van der Waals surface area contributed by atoms with Crippen LogP contribution in [-0.2, 0) is 9.59 Å². The van der Waals surface area contributed by atoms with Crippen molar-refractivity contribution in [3.63, 3.8) is 0 Å². The molecule has 0 unspecified atom stereocenters. The summed E-state index contributed by atoms with van der Waals surface area (Å²) in [5.74, 6) is 0.667. The van der Waals surface area contributed by atoms with Crippen LogP contribution in [-0.4, -0.2) is 39.8 Å². The van der Waals surface area contributed by atoms with E-state index in [9.17, 15) is 9.59 Å². The van der Waals surface area contributed by atoms with Gasteiger partial charge in [0.15, 0.2) is 0 Å². The van der Waals surface area contributed by atoms with Gasteiger partial charge in [0, 0.05) is 30.6 Å². The molecule has 2 aliphatic rings. The van der Waals surface area contributed by atoms with E-state index in [0.29, 0.717) is 18.9 Å². The number of hydrogen-bond acceptors (Lipinski definition) is 4. The maximum Gasteiger partial charge on any atom is 0.237 e. The highest BCUT2D eigenvalue weighted by Gasteiger charge is 2.30. The molecular formula is C20H21N5O2. The van der Waals surface area contributed by atoms with Crippen molar-refractivity contribution in [2.45, 2.75) is 26.2 Å². The molecule has 1 fully saturated rings. The zero-order chi connectivity index (χ0) is 19.0. The van der Waals surface area contributed by atoms with Gasteiger partial charge in [-0.05, 0) is 42.0 Å². The second kappa shape index (κ2) is 6.88. The third-order valence-corrected chi connectivity index (χ3v) is 5.18. The standard InChI is InChI=1S/C20H21N5O2/c1-12-11-25(18(26)4-7-21)9-6-14(12)16-10-17(24-20(27)13-2-3-13)23-19-15(16)5-8-22-19/h5-6,8,10,12-13H,2-4,9,11H2,1H3,(H2,22,23,24,27)/t12-/m1/s1. The third-order valence-electron chi connectivity index (χ3n) is 5.18. The first kappa shape index (κ1) is 17.3. The highest BCUT2D eigenvalue weighted by atomic mass is 16.2. The van der Waals surface area contributed by atoms with Gasteiger partial charge in [0.1, 0.15) is 17.9 Å². The van der Waals surface area contributed by atoms with Gasteiger partial charge >= 0.3 is 0 Å². The van der Waals surface area contributed by atoms with Gasteiger partial charge in [0.25, 0.3) is 0 Å². The molecule has 1 saturated carbocycles. The highest BCUT2D eigenvalue weighted by molar-refractivity contribution is 5.97. The Hall–Kier alpha value is -3.14. The Morgan fingerprint density at radius 1 is 1.44 bits per heavy atom. The number of aromatic amines is 1. The summed E-state index contributed by atoms with van der Waals surface area (Å²) in [5.41, 5.74) is 2.88. The lowest BCUT2D eigenvalue weighted by atomic mass is 9.89. The highest BCUT2D eigenvalue weighted by Crippen LogP contribution is 2.35. The van der Waals surface area contributed by atoms with E-state index in [-0.39, 0.29) is 30.1 Å². The Bertz CT molecular complexity index is 980. The van der Waals surface area contributed by atoms with Gasteiger partial charge in [-0.25, -0.2) is 4.98 Å². The largest absolute Gasteiger partial charge is 0.346 e. The molecule has 7 heteroatoms. The first-order chi connectivity index (χ1) is 13.1. The van der Waals surface area contributed by atoms with Crippen molar-refractivity contribution in [3.05, 3.63) is 30.0 Å². The molecule has 2 N–H and O–H groups in total. The number of hydrogen-bond donors (Lipinski definition) is 2. The molecular weight excluding hydrogens is 342 g/mol. The molecule has 0 bridgehead atoms. The molecule has 4 rings (SSSR count). The molecule has 0 radical (unpaired) electrons. The van der Waals surface area contributed by atoms with Crippen LogP contribution in [0.1, 0.15) is 31.7 Å². The minimum Gasteiger partial charge on any atom is -0.346 e. The summed E-state index contributed by atoms with van der Waals surface area (Å²) in [6.45, 7) is 3.13. The normalized spacial score (nSPS) is 19.5. The number of nitriles is 1. The summed E-state index contributed by atoms with van der Waals surface area (Å²) in [4.78, 5) is 33.5. The first-order valence-electron chi connectivity index (χ1n) is 9.21. The fourth-order valence-electron chi connectivity index (χ4n) is 3.59. The first-order valence-corrected chi connectivity index (χ1v) is 9.21. The third kappa shape index (κ3) is 3.43. The second-order valence-corrected chi connectivity index (χ2v) is 7.25. The molecule has 7 nitrogen and oxygen atoms in total. The van der Waals surface area contributed by atoms with E-state index in [0.717, 1.165) is 35.0 Å². The SMILES string of the molecule is C[C@@H]1CN(C(=O)CC#N)CC=C1c1cc(NC(=O)C2CC2)nc2[nH]ccc12. The Labute approximate surface area is 157 Å². The van der Waals surface area contributed by atoms with Crippen molar-refractivity contribution < 1.29 is 9.59 Å². The van der Waals surface area contributed by atoms with Crippen LogP contribution < -0.4 is 5.32 Å². The smallest absolute Gasteiger partial charge is 0.237 e. The average Bonchev–Trinajstić information content (AvgIpc) is 3.40. The molecule has 0 saturated heterocycles. The van der Waals surface area contributed by atoms with Gasteiger partial charge < -0.3 is 15.2 Å². The Kier molecular flexibility index (Phi) is 4.40. The number of aromatic nitrogens is 2. The predicted molar refractivity (Wildman–Crippen MR) is 101 cm³/mol. The van der Waals surface area contributed by atoms with Gasteiger partial charge in [0.05, 0.1) is 6.07 Å².